The fraction of sp³-hybridized carbons (Fsp3) is 0.571. The minimum absolute atomic E-state index is 0.203. The Morgan fingerprint density at radius 2 is 2.17 bits per heavy atom. The SMILES string of the molecule is NCc1ccc(CN(CCO)C2CCC2)c(Cl)c1. The zero-order valence-electron chi connectivity index (χ0n) is 10.6. The molecule has 0 atom stereocenters. The maximum Gasteiger partial charge on any atom is 0.0558 e. The molecule has 0 radical (unpaired) electrons. The summed E-state index contributed by atoms with van der Waals surface area (Å²) in [4.78, 5) is 2.33. The van der Waals surface area contributed by atoms with Gasteiger partial charge in [-0.25, -0.2) is 0 Å². The summed E-state index contributed by atoms with van der Waals surface area (Å²) in [5, 5.41) is 9.92. The Bertz CT molecular complexity index is 393. The summed E-state index contributed by atoms with van der Waals surface area (Å²) >= 11 is 6.27. The molecule has 18 heavy (non-hydrogen) atoms. The predicted octanol–water partition coefficient (Wildman–Crippen LogP) is 2.15. The van der Waals surface area contributed by atoms with Gasteiger partial charge in [-0.05, 0) is 30.0 Å². The van der Waals surface area contributed by atoms with Gasteiger partial charge in [0.15, 0.2) is 0 Å². The molecule has 0 saturated heterocycles. The molecule has 1 saturated carbocycles. The second kappa shape index (κ2) is 6.53. The van der Waals surface area contributed by atoms with Crippen molar-refractivity contribution in [2.24, 2.45) is 5.73 Å². The van der Waals surface area contributed by atoms with Crippen molar-refractivity contribution in [2.75, 3.05) is 13.2 Å². The summed E-state index contributed by atoms with van der Waals surface area (Å²) in [6.07, 6.45) is 3.77. The maximum absolute atomic E-state index is 9.14. The lowest BCUT2D eigenvalue weighted by Crippen LogP contribution is -2.41. The first kappa shape index (κ1) is 13.8. The highest BCUT2D eigenvalue weighted by molar-refractivity contribution is 6.31. The Kier molecular flexibility index (Phi) is 5.01. The van der Waals surface area contributed by atoms with Crippen molar-refractivity contribution in [1.29, 1.82) is 0 Å². The van der Waals surface area contributed by atoms with E-state index >= 15 is 0 Å². The average Bonchev–Trinajstić information content (AvgIpc) is 2.29. The van der Waals surface area contributed by atoms with E-state index in [0.717, 1.165) is 29.2 Å². The van der Waals surface area contributed by atoms with Crippen LogP contribution in [-0.2, 0) is 13.1 Å². The number of benzene rings is 1. The number of halogens is 1. The Balaban J connectivity index is 2.05. The van der Waals surface area contributed by atoms with E-state index in [1.807, 2.05) is 18.2 Å². The summed E-state index contributed by atoms with van der Waals surface area (Å²) < 4.78 is 0. The van der Waals surface area contributed by atoms with Crippen molar-refractivity contribution in [1.82, 2.24) is 4.90 Å². The van der Waals surface area contributed by atoms with Crippen molar-refractivity contribution >= 4 is 11.6 Å². The zero-order valence-corrected chi connectivity index (χ0v) is 11.4. The monoisotopic (exact) mass is 268 g/mol. The maximum atomic E-state index is 9.14. The second-order valence-electron chi connectivity index (χ2n) is 4.91. The van der Waals surface area contributed by atoms with E-state index in [-0.39, 0.29) is 6.61 Å². The van der Waals surface area contributed by atoms with Crippen LogP contribution in [0.15, 0.2) is 18.2 Å². The first-order valence-corrected chi connectivity index (χ1v) is 6.94. The molecule has 1 aromatic rings. The molecule has 1 aromatic carbocycles. The van der Waals surface area contributed by atoms with Gasteiger partial charge in [-0.1, -0.05) is 30.2 Å². The number of hydrogen-bond donors (Lipinski definition) is 2. The molecule has 0 amide bonds. The van der Waals surface area contributed by atoms with Crippen molar-refractivity contribution in [3.8, 4) is 0 Å². The van der Waals surface area contributed by atoms with Crippen molar-refractivity contribution < 1.29 is 5.11 Å². The molecule has 4 heteroatoms. The van der Waals surface area contributed by atoms with Crippen LogP contribution in [0.25, 0.3) is 0 Å². The molecule has 0 spiro atoms. The third-order valence-corrected chi connectivity index (χ3v) is 4.06. The van der Waals surface area contributed by atoms with Gasteiger partial charge in [0.2, 0.25) is 0 Å². The molecular formula is C14H21ClN2O. The highest BCUT2D eigenvalue weighted by atomic mass is 35.5. The van der Waals surface area contributed by atoms with Crippen LogP contribution in [0.1, 0.15) is 30.4 Å². The van der Waals surface area contributed by atoms with Gasteiger partial charge in [-0.3, -0.25) is 4.90 Å². The molecule has 2 rings (SSSR count). The molecule has 3 nitrogen and oxygen atoms in total. The molecule has 1 aliphatic rings. The number of rotatable bonds is 6. The first-order valence-electron chi connectivity index (χ1n) is 6.57. The van der Waals surface area contributed by atoms with Gasteiger partial charge >= 0.3 is 0 Å². The van der Waals surface area contributed by atoms with Gasteiger partial charge in [0.25, 0.3) is 0 Å². The van der Waals surface area contributed by atoms with Crippen LogP contribution < -0.4 is 5.73 Å². The van der Waals surface area contributed by atoms with E-state index in [1.165, 1.54) is 19.3 Å². The average molecular weight is 269 g/mol. The highest BCUT2D eigenvalue weighted by Gasteiger charge is 2.24. The fourth-order valence-corrected chi connectivity index (χ4v) is 2.60. The molecule has 0 aromatic heterocycles. The highest BCUT2D eigenvalue weighted by Crippen LogP contribution is 2.28. The lowest BCUT2D eigenvalue weighted by molar-refractivity contribution is 0.0946. The van der Waals surface area contributed by atoms with Crippen LogP contribution in [0.3, 0.4) is 0 Å². The predicted molar refractivity (Wildman–Crippen MR) is 74.5 cm³/mol. The number of aliphatic hydroxyl groups is 1. The minimum atomic E-state index is 0.203. The van der Waals surface area contributed by atoms with Crippen LogP contribution in [0, 0.1) is 0 Å². The van der Waals surface area contributed by atoms with Gasteiger partial charge in [0.1, 0.15) is 0 Å². The normalized spacial score (nSPS) is 16.0. The van der Waals surface area contributed by atoms with Crippen LogP contribution in [0.4, 0.5) is 0 Å². The van der Waals surface area contributed by atoms with E-state index in [1.54, 1.807) is 0 Å². The smallest absolute Gasteiger partial charge is 0.0558 e. The van der Waals surface area contributed by atoms with Gasteiger partial charge in [0, 0.05) is 30.7 Å². The van der Waals surface area contributed by atoms with Crippen molar-refractivity contribution in [2.45, 2.75) is 38.4 Å². The third kappa shape index (κ3) is 3.23. The number of nitrogens with two attached hydrogens (primary N) is 1. The summed E-state index contributed by atoms with van der Waals surface area (Å²) in [7, 11) is 0. The van der Waals surface area contributed by atoms with Crippen molar-refractivity contribution in [3.05, 3.63) is 34.3 Å². The van der Waals surface area contributed by atoms with Gasteiger partial charge in [0.05, 0.1) is 6.61 Å². The Morgan fingerprint density at radius 1 is 1.39 bits per heavy atom. The zero-order chi connectivity index (χ0) is 13.0. The molecule has 0 heterocycles. The topological polar surface area (TPSA) is 49.5 Å². The molecular weight excluding hydrogens is 248 g/mol. The van der Waals surface area contributed by atoms with Crippen LogP contribution in [0.5, 0.6) is 0 Å². The fourth-order valence-electron chi connectivity index (χ4n) is 2.34. The molecule has 100 valence electrons. The Labute approximate surface area is 114 Å². The lowest BCUT2D eigenvalue weighted by atomic mass is 9.91. The van der Waals surface area contributed by atoms with E-state index in [0.29, 0.717) is 12.6 Å². The molecule has 1 aliphatic carbocycles. The first-order chi connectivity index (χ1) is 8.74. The van der Waals surface area contributed by atoms with E-state index in [4.69, 9.17) is 22.4 Å². The van der Waals surface area contributed by atoms with Crippen molar-refractivity contribution in [3.63, 3.8) is 0 Å². The van der Waals surface area contributed by atoms with Gasteiger partial charge < -0.3 is 10.8 Å². The van der Waals surface area contributed by atoms with Crippen LogP contribution in [-0.4, -0.2) is 29.2 Å². The minimum Gasteiger partial charge on any atom is -0.395 e. The van der Waals surface area contributed by atoms with E-state index in [2.05, 4.69) is 4.90 Å². The number of hydrogen-bond acceptors (Lipinski definition) is 3. The quantitative estimate of drug-likeness (QED) is 0.831. The molecule has 3 N–H and O–H groups in total. The molecule has 0 bridgehead atoms. The molecule has 1 fully saturated rings. The largest absolute Gasteiger partial charge is 0.395 e. The van der Waals surface area contributed by atoms with Gasteiger partial charge in [-0.2, -0.15) is 0 Å². The second-order valence-corrected chi connectivity index (χ2v) is 5.32. The van der Waals surface area contributed by atoms with Crippen LogP contribution in [0.2, 0.25) is 5.02 Å². The number of aliphatic hydroxyl groups excluding tert-OH is 1. The molecule has 0 aliphatic heterocycles. The Hall–Kier alpha value is -0.610. The number of nitrogens with zero attached hydrogens (tertiary/aromatic N) is 1. The Morgan fingerprint density at radius 3 is 2.67 bits per heavy atom. The summed E-state index contributed by atoms with van der Waals surface area (Å²) in [6.45, 7) is 2.26. The summed E-state index contributed by atoms with van der Waals surface area (Å²) in [5.41, 5.74) is 7.77. The third-order valence-electron chi connectivity index (χ3n) is 3.70. The van der Waals surface area contributed by atoms with E-state index in [9.17, 15) is 0 Å². The summed E-state index contributed by atoms with van der Waals surface area (Å²) in [6, 6.07) is 6.63. The van der Waals surface area contributed by atoms with Crippen LogP contribution >= 0.6 is 11.6 Å². The summed E-state index contributed by atoms with van der Waals surface area (Å²) in [5.74, 6) is 0. The van der Waals surface area contributed by atoms with Gasteiger partial charge in [-0.15, -0.1) is 0 Å². The molecule has 0 unspecified atom stereocenters. The lowest BCUT2D eigenvalue weighted by Gasteiger charge is -2.37. The van der Waals surface area contributed by atoms with E-state index < -0.39 is 0 Å². The standard InChI is InChI=1S/C14H21ClN2O/c15-14-8-11(9-16)4-5-12(14)10-17(6-7-18)13-2-1-3-13/h4-5,8,13,18H,1-3,6-7,9-10,16H2.